The van der Waals surface area contributed by atoms with Crippen molar-refractivity contribution in [2.24, 2.45) is 0 Å². The van der Waals surface area contributed by atoms with E-state index < -0.39 is 140 Å². The van der Waals surface area contributed by atoms with Gasteiger partial charge in [-0.25, -0.2) is 4.39 Å². The highest BCUT2D eigenvalue weighted by Gasteiger charge is 2.98. The second kappa shape index (κ2) is 28.0. The fourth-order valence-electron chi connectivity index (χ4n) is 6.93. The molecule has 43 heteroatoms. The van der Waals surface area contributed by atoms with Crippen molar-refractivity contribution >= 4 is 52.5 Å². The molecule has 0 bridgehead atoms. The lowest BCUT2D eigenvalue weighted by molar-refractivity contribution is -0.469. The van der Waals surface area contributed by atoms with Crippen LogP contribution in [-0.2, 0) is 9.53 Å². The van der Waals surface area contributed by atoms with Crippen molar-refractivity contribution in [1.82, 2.24) is 0 Å². The van der Waals surface area contributed by atoms with Crippen LogP contribution < -0.4 is 31.9 Å². The molecule has 0 aromatic heterocycles. The van der Waals surface area contributed by atoms with Crippen molar-refractivity contribution in [2.75, 3.05) is 71.2 Å². The van der Waals surface area contributed by atoms with Gasteiger partial charge in [-0.15, -0.1) is 12.4 Å². The number of hydrogen-bond acceptors (Lipinski definition) is 8. The number of hydrogen-bond donors (Lipinski definition) is 3. The molecule has 0 atom stereocenters. The molecular formula is C48H47ClF34N6O2. The molecular weight excluding hydrogens is 1370 g/mol. The maximum absolute atomic E-state index is 14.1. The normalized spacial score (nSPS) is 14.0. The number of nitrogens with zero attached hydrogens (tertiary/aromatic N) is 3. The molecule has 0 spiro atoms. The molecule has 91 heavy (non-hydrogen) atoms. The Morgan fingerprint density at radius 1 is 0.440 bits per heavy atom. The Morgan fingerprint density at radius 3 is 1.12 bits per heavy atom. The van der Waals surface area contributed by atoms with E-state index in [1.165, 1.54) is 30.0 Å². The van der Waals surface area contributed by atoms with Gasteiger partial charge >= 0.3 is 101 Å². The third-order valence-corrected chi connectivity index (χ3v) is 12.5. The quantitative estimate of drug-likeness (QED) is 0.0437. The van der Waals surface area contributed by atoms with E-state index in [0.717, 1.165) is 49.1 Å². The molecule has 0 fully saturated rings. The van der Waals surface area contributed by atoms with Crippen molar-refractivity contribution in [3.05, 3.63) is 85.1 Å². The van der Waals surface area contributed by atoms with Gasteiger partial charge in [-0.05, 0) is 106 Å². The number of aryl methyl sites for hydroxylation is 1. The van der Waals surface area contributed by atoms with Crippen LogP contribution in [0.25, 0.3) is 0 Å². The molecule has 8 nitrogen and oxygen atoms in total. The zero-order valence-corrected chi connectivity index (χ0v) is 46.6. The maximum atomic E-state index is 14.1. The number of anilines is 6. The van der Waals surface area contributed by atoms with E-state index in [1.54, 1.807) is 6.92 Å². The van der Waals surface area contributed by atoms with Gasteiger partial charge in [0.25, 0.3) is 0 Å². The summed E-state index contributed by atoms with van der Waals surface area (Å²) in [4.78, 5) is 15.3. The molecule has 0 heterocycles. The second-order valence-corrected chi connectivity index (χ2v) is 18.5. The molecule has 526 valence electrons. The summed E-state index contributed by atoms with van der Waals surface area (Å²) in [5.41, 5.74) is 10.8. The second-order valence-electron chi connectivity index (χ2n) is 18.5. The fraction of sp³-hybridized carbons (Fsp3) is 0.562. The van der Waals surface area contributed by atoms with Crippen LogP contribution in [0.4, 0.5) is 183 Å². The van der Waals surface area contributed by atoms with Crippen molar-refractivity contribution in [1.29, 1.82) is 0 Å². The Kier molecular flexibility index (Phi) is 26.1. The molecule has 0 saturated carbocycles. The van der Waals surface area contributed by atoms with E-state index in [1.807, 2.05) is 30.5 Å². The van der Waals surface area contributed by atoms with E-state index in [0.29, 0.717) is 16.9 Å². The minimum atomic E-state index is -9.01. The maximum Gasteiger partial charge on any atom is 0.460 e. The van der Waals surface area contributed by atoms with Gasteiger partial charge in [0.1, 0.15) is 0 Å². The first-order chi connectivity index (χ1) is 39.9. The van der Waals surface area contributed by atoms with Crippen LogP contribution >= 0.6 is 12.4 Å². The van der Waals surface area contributed by atoms with Crippen LogP contribution in [0.5, 0.6) is 0 Å². The molecule has 3 aromatic rings. The lowest BCUT2D eigenvalue weighted by Crippen LogP contribution is -2.76. The van der Waals surface area contributed by atoms with Gasteiger partial charge in [0, 0.05) is 60.3 Å². The summed E-state index contributed by atoms with van der Waals surface area (Å²) in [6, 6.07) is 15.8. The van der Waals surface area contributed by atoms with Crippen LogP contribution in [0.3, 0.4) is 0 Å². The van der Waals surface area contributed by atoms with Crippen molar-refractivity contribution in [3.8, 4) is 0 Å². The van der Waals surface area contributed by atoms with E-state index in [2.05, 4.69) is 23.1 Å². The number of ether oxygens (including phenoxy) is 1. The number of carbonyl (C=O) groups is 1. The zero-order valence-electron chi connectivity index (χ0n) is 45.7. The van der Waals surface area contributed by atoms with E-state index in [4.69, 9.17) is 17.2 Å². The third-order valence-electron chi connectivity index (χ3n) is 12.5. The molecule has 6 N–H and O–H groups in total. The Hall–Kier alpha value is -6.42. The predicted octanol–water partition coefficient (Wildman–Crippen LogP) is 17.1. The standard InChI is InChI=1S/C22H19F19N2O2.C16H13F15N2.C10H14N2.ClH/c1-3-43(11-4-5-12(42)10(2)8-11)7-6-13(44)45-9-14(23,24)15(25,26)16(27,28)17(29,30)18(31,32)19(33,34)20(35,36)21(37,38)22(39,40)41;1-2-33(9-5-3-8(32)4-6-9)7-10(17,18)12(20,21)14(24,25)13(22,23)11(19,15(26,27)28)16(29,30)31;1-3-12(4-2)10-7-5-9(11)6-8-10;/h4-5,8H,3,6-7,9,42H2,1-2H3;3-6H,2,7,32H2,1H3;3,5-8H,1,4,11H2,2H3;1H. The largest absolute Gasteiger partial charge is 0.460 e. The van der Waals surface area contributed by atoms with Gasteiger partial charge in [-0.1, -0.05) is 6.58 Å². The molecule has 0 aliphatic rings. The van der Waals surface area contributed by atoms with Crippen LogP contribution in [0.2, 0.25) is 0 Å². The van der Waals surface area contributed by atoms with Crippen LogP contribution in [0.15, 0.2) is 79.5 Å². The smallest absolute Gasteiger partial charge is 0.459 e. The predicted molar refractivity (Wildman–Crippen MR) is 260 cm³/mol. The number of halogens is 35. The Morgan fingerprint density at radius 2 is 0.780 bits per heavy atom. The number of esters is 1. The Labute approximate surface area is 496 Å². The van der Waals surface area contributed by atoms with E-state index >= 15 is 0 Å². The van der Waals surface area contributed by atoms with Crippen molar-refractivity contribution in [2.45, 2.75) is 129 Å². The van der Waals surface area contributed by atoms with Crippen LogP contribution in [-0.4, -0.2) is 141 Å². The lowest BCUT2D eigenvalue weighted by Gasteiger charge is -2.43. The van der Waals surface area contributed by atoms with Crippen LogP contribution in [0.1, 0.15) is 32.8 Å². The summed E-state index contributed by atoms with van der Waals surface area (Å²) in [7, 11) is 0. The monoisotopic (exact) mass is 1420 g/mol. The third kappa shape index (κ3) is 15.6. The number of benzene rings is 3. The van der Waals surface area contributed by atoms with Gasteiger partial charge in [-0.2, -0.15) is 145 Å². The minimum absolute atomic E-state index is 0. The summed E-state index contributed by atoms with van der Waals surface area (Å²) >= 11 is 0. The molecule has 0 amide bonds. The number of nitrogens with two attached hydrogens (primary N) is 3. The first kappa shape index (κ1) is 84.6. The average molecular weight is 1420 g/mol. The van der Waals surface area contributed by atoms with Crippen LogP contribution in [0, 0.1) is 6.92 Å². The molecule has 0 aliphatic heterocycles. The SMILES string of the molecule is C=CN(CC)c1ccc(N)cc1.CCN(CC(F)(F)C(F)(F)C(F)(F)C(F)(F)C(F)(C(F)(F)F)C(F)(F)F)c1ccc(N)cc1.CCN(CCC(=O)OCC(F)(F)C(F)(F)C(F)(F)C(F)(F)C(F)(F)C(F)(F)C(F)(F)C(F)(F)C(F)(F)F)c1ccc(N)c(C)c1.Cl. The van der Waals surface area contributed by atoms with Gasteiger partial charge in [-0.3, -0.25) is 4.79 Å². The minimum Gasteiger partial charge on any atom is -0.459 e. The average Bonchev–Trinajstić information content (AvgIpc) is 0.702. The molecule has 0 aliphatic carbocycles. The Bertz CT molecular complexity index is 2830. The highest BCUT2D eigenvalue weighted by molar-refractivity contribution is 5.85. The number of rotatable bonds is 25. The number of carbonyl (C=O) groups excluding carboxylic acids is 1. The zero-order chi connectivity index (χ0) is 71.5. The lowest BCUT2D eigenvalue weighted by atomic mass is 9.85. The van der Waals surface area contributed by atoms with Gasteiger partial charge < -0.3 is 36.6 Å². The highest BCUT2D eigenvalue weighted by Crippen LogP contribution is 2.67. The summed E-state index contributed by atoms with van der Waals surface area (Å²) < 4.78 is 457. The molecule has 3 rings (SSSR count). The molecule has 0 radical (unpaired) electrons. The summed E-state index contributed by atoms with van der Waals surface area (Å²) in [5.74, 6) is -100. The first-order valence-corrected chi connectivity index (χ1v) is 24.0. The first-order valence-electron chi connectivity index (χ1n) is 24.0. The fourth-order valence-corrected chi connectivity index (χ4v) is 6.93. The van der Waals surface area contributed by atoms with Crippen molar-refractivity contribution in [3.63, 3.8) is 0 Å². The van der Waals surface area contributed by atoms with Gasteiger partial charge in [0.2, 0.25) is 0 Å². The van der Waals surface area contributed by atoms with Crippen molar-refractivity contribution < 1.29 is 159 Å². The van der Waals surface area contributed by atoms with E-state index in [9.17, 15) is 154 Å². The summed E-state index contributed by atoms with van der Waals surface area (Å²) in [6.45, 7) is 3.69. The van der Waals surface area contributed by atoms with Gasteiger partial charge in [0.05, 0.1) is 13.0 Å². The number of alkyl halides is 34. The highest BCUT2D eigenvalue weighted by atomic mass is 35.5. The number of nitrogen functional groups attached to an aromatic ring is 3. The molecule has 3 aromatic carbocycles. The topological polar surface area (TPSA) is 114 Å². The molecule has 0 unspecified atom stereocenters. The Balaban J connectivity index is 0.00000153. The summed E-state index contributed by atoms with van der Waals surface area (Å²) in [6.07, 6.45) is -23.0. The van der Waals surface area contributed by atoms with E-state index in [-0.39, 0.29) is 29.5 Å². The summed E-state index contributed by atoms with van der Waals surface area (Å²) in [5, 5.41) is 0. The van der Waals surface area contributed by atoms with Gasteiger partial charge in [0.15, 0.2) is 6.61 Å². The molecule has 0 saturated heterocycles.